The molecule has 0 radical (unpaired) electrons. The van der Waals surface area contributed by atoms with E-state index in [2.05, 4.69) is 0 Å². The number of aromatic hydroxyl groups is 1. The fourth-order valence-corrected chi connectivity index (χ4v) is 3.73. The third-order valence-electron chi connectivity index (χ3n) is 5.39. The molecule has 0 saturated carbocycles. The van der Waals surface area contributed by atoms with Gasteiger partial charge >= 0.3 is 18.1 Å². The molecular weight excluding hydrogens is 489 g/mol. The largest absolute Gasteiger partial charge is 0.506 e. The number of benzene rings is 3. The Kier molecular flexibility index (Phi) is 7.86. The van der Waals surface area contributed by atoms with Crippen LogP contribution in [-0.2, 0) is 28.7 Å². The molecule has 0 spiro atoms. The number of esters is 1. The highest BCUT2D eigenvalue weighted by Crippen LogP contribution is 2.39. The van der Waals surface area contributed by atoms with Gasteiger partial charge in [0.25, 0.3) is 0 Å². The number of rotatable bonds is 7. The summed E-state index contributed by atoms with van der Waals surface area (Å²) in [7, 11) is 0. The smallest absolute Gasteiger partial charge is 0.419 e. The Hall–Kier alpha value is -4.01. The minimum absolute atomic E-state index is 0.0375. The summed E-state index contributed by atoms with van der Waals surface area (Å²) >= 11 is 0. The third-order valence-corrected chi connectivity index (χ3v) is 5.39. The Morgan fingerprint density at radius 3 is 2.14 bits per heavy atom. The molecule has 2 N–H and O–H groups in total. The molecule has 0 atom stereocenters. The van der Waals surface area contributed by atoms with Gasteiger partial charge in [0.2, 0.25) is 0 Å². The summed E-state index contributed by atoms with van der Waals surface area (Å²) in [6.07, 6.45) is -4.93. The average Bonchev–Trinajstić information content (AvgIpc) is 2.76. The van der Waals surface area contributed by atoms with Gasteiger partial charge in [-0.2, -0.15) is 13.2 Å². The maximum absolute atomic E-state index is 13.3. The SMILES string of the molecule is Cc1cc(OCc2ccc(C(F)(F)F)c(O)c2C(=O)OC(C)(C)C)ccc1-c1ccc(CC(=O)O)cc1. The van der Waals surface area contributed by atoms with Crippen molar-refractivity contribution in [3.63, 3.8) is 0 Å². The van der Waals surface area contributed by atoms with E-state index in [1.807, 2.05) is 19.1 Å². The van der Waals surface area contributed by atoms with Gasteiger partial charge in [-0.1, -0.05) is 36.4 Å². The van der Waals surface area contributed by atoms with Crippen LogP contribution in [0.3, 0.4) is 0 Å². The first kappa shape index (κ1) is 27.6. The minimum Gasteiger partial charge on any atom is -0.506 e. The standard InChI is InChI=1S/C28H27F3O6/c1-16-13-20(10-11-21(16)18-7-5-17(6-8-18)14-23(32)33)36-15-19-9-12-22(28(29,30)31)25(34)24(19)26(35)37-27(2,3)4/h5-13,34H,14-15H2,1-4H3,(H,32,33). The monoisotopic (exact) mass is 516 g/mol. The normalized spacial score (nSPS) is 11.8. The van der Waals surface area contributed by atoms with Crippen molar-refractivity contribution in [2.75, 3.05) is 0 Å². The Bertz CT molecular complexity index is 1310. The highest BCUT2D eigenvalue weighted by atomic mass is 19.4. The number of halogens is 3. The molecule has 0 aromatic heterocycles. The molecular formula is C28H27F3O6. The van der Waals surface area contributed by atoms with Gasteiger partial charge < -0.3 is 19.7 Å². The summed E-state index contributed by atoms with van der Waals surface area (Å²) in [5, 5.41) is 19.3. The highest BCUT2D eigenvalue weighted by Gasteiger charge is 2.37. The van der Waals surface area contributed by atoms with E-state index in [0.29, 0.717) is 17.4 Å². The molecule has 9 heteroatoms. The fourth-order valence-electron chi connectivity index (χ4n) is 3.73. The van der Waals surface area contributed by atoms with Crippen LogP contribution in [0, 0.1) is 6.92 Å². The van der Waals surface area contributed by atoms with Crippen molar-refractivity contribution in [1.29, 1.82) is 0 Å². The number of aliphatic carboxylic acids is 1. The van der Waals surface area contributed by atoms with E-state index in [1.54, 1.807) is 51.1 Å². The number of hydrogen-bond donors (Lipinski definition) is 2. The minimum atomic E-state index is -4.86. The van der Waals surface area contributed by atoms with Crippen molar-refractivity contribution in [3.05, 3.63) is 82.4 Å². The van der Waals surface area contributed by atoms with E-state index >= 15 is 0 Å². The molecule has 0 heterocycles. The Labute approximate surface area is 212 Å². The summed E-state index contributed by atoms with van der Waals surface area (Å²) in [5.41, 5.74) is 0.380. The molecule has 37 heavy (non-hydrogen) atoms. The van der Waals surface area contributed by atoms with Crippen LogP contribution in [0.25, 0.3) is 11.1 Å². The van der Waals surface area contributed by atoms with Crippen LogP contribution in [0.1, 0.15) is 53.4 Å². The second-order valence-electron chi connectivity index (χ2n) is 9.53. The van der Waals surface area contributed by atoms with Crippen molar-refractivity contribution in [1.82, 2.24) is 0 Å². The predicted molar refractivity (Wildman–Crippen MR) is 131 cm³/mol. The summed E-state index contributed by atoms with van der Waals surface area (Å²) < 4.78 is 51.0. The van der Waals surface area contributed by atoms with Gasteiger partial charge in [-0.25, -0.2) is 4.79 Å². The Morgan fingerprint density at radius 2 is 1.59 bits per heavy atom. The lowest BCUT2D eigenvalue weighted by Gasteiger charge is -2.22. The van der Waals surface area contributed by atoms with Gasteiger partial charge in [0.05, 0.1) is 12.0 Å². The summed E-state index contributed by atoms with van der Waals surface area (Å²) in [4.78, 5) is 23.6. The number of hydrogen-bond acceptors (Lipinski definition) is 5. The maximum Gasteiger partial charge on any atom is 0.419 e. The third kappa shape index (κ3) is 7.03. The lowest BCUT2D eigenvalue weighted by atomic mass is 9.98. The fraction of sp³-hybridized carbons (Fsp3) is 0.286. The predicted octanol–water partition coefficient (Wildman–Crippen LogP) is 6.55. The Balaban J connectivity index is 1.86. The van der Waals surface area contributed by atoms with E-state index < -0.39 is 40.6 Å². The van der Waals surface area contributed by atoms with Crippen molar-refractivity contribution < 1.29 is 42.4 Å². The number of carboxylic acids is 1. The molecule has 196 valence electrons. The molecule has 0 aliphatic heterocycles. The molecule has 3 aromatic rings. The molecule has 3 aromatic carbocycles. The number of carboxylic acid groups (broad SMARTS) is 1. The number of carbonyl (C=O) groups excluding carboxylic acids is 1. The van der Waals surface area contributed by atoms with E-state index in [0.717, 1.165) is 22.8 Å². The first-order chi connectivity index (χ1) is 17.2. The number of alkyl halides is 3. The van der Waals surface area contributed by atoms with Gasteiger partial charge in [-0.05, 0) is 68.1 Å². The first-order valence-corrected chi connectivity index (χ1v) is 11.4. The van der Waals surface area contributed by atoms with E-state index in [1.165, 1.54) is 0 Å². The number of carbonyl (C=O) groups is 2. The summed E-state index contributed by atoms with van der Waals surface area (Å²) in [6.45, 7) is 6.26. The van der Waals surface area contributed by atoms with Crippen molar-refractivity contribution in [2.45, 2.75) is 52.5 Å². The van der Waals surface area contributed by atoms with Crippen molar-refractivity contribution >= 4 is 11.9 Å². The lowest BCUT2D eigenvalue weighted by Crippen LogP contribution is -2.25. The maximum atomic E-state index is 13.3. The van der Waals surface area contributed by atoms with Crippen molar-refractivity contribution in [2.24, 2.45) is 0 Å². The van der Waals surface area contributed by atoms with Gasteiger partial charge in [0.1, 0.15) is 29.3 Å². The Morgan fingerprint density at radius 1 is 0.946 bits per heavy atom. The highest BCUT2D eigenvalue weighted by molar-refractivity contribution is 5.95. The summed E-state index contributed by atoms with van der Waals surface area (Å²) in [5.74, 6) is -2.81. The number of ether oxygens (including phenoxy) is 2. The molecule has 0 fully saturated rings. The van der Waals surface area contributed by atoms with Crippen LogP contribution >= 0.6 is 0 Å². The number of aryl methyl sites for hydroxylation is 1. The molecule has 3 rings (SSSR count). The van der Waals surface area contributed by atoms with Crippen LogP contribution in [0.15, 0.2) is 54.6 Å². The lowest BCUT2D eigenvalue weighted by molar-refractivity contribution is -0.139. The number of phenolic OH excluding ortho intramolecular Hbond substituents is 1. The van der Waals surface area contributed by atoms with Crippen LogP contribution in [0.5, 0.6) is 11.5 Å². The quantitative estimate of drug-likeness (QED) is 0.346. The van der Waals surface area contributed by atoms with E-state index in [9.17, 15) is 27.9 Å². The topological polar surface area (TPSA) is 93.1 Å². The molecule has 0 saturated heterocycles. The molecule has 0 amide bonds. The molecule has 6 nitrogen and oxygen atoms in total. The van der Waals surface area contributed by atoms with Gasteiger partial charge in [0, 0.05) is 5.56 Å². The van der Waals surface area contributed by atoms with Gasteiger partial charge in [-0.15, -0.1) is 0 Å². The summed E-state index contributed by atoms with van der Waals surface area (Å²) in [6, 6.07) is 14.1. The second-order valence-corrected chi connectivity index (χ2v) is 9.53. The van der Waals surface area contributed by atoms with Gasteiger partial charge in [-0.3, -0.25) is 4.79 Å². The van der Waals surface area contributed by atoms with E-state index in [-0.39, 0.29) is 18.6 Å². The van der Waals surface area contributed by atoms with Gasteiger partial charge in [0.15, 0.2) is 0 Å². The molecule has 0 aliphatic carbocycles. The zero-order valence-corrected chi connectivity index (χ0v) is 20.8. The zero-order valence-electron chi connectivity index (χ0n) is 20.8. The molecule has 0 unspecified atom stereocenters. The molecule has 0 bridgehead atoms. The number of phenols is 1. The first-order valence-electron chi connectivity index (χ1n) is 11.4. The average molecular weight is 517 g/mol. The van der Waals surface area contributed by atoms with Crippen LogP contribution in [0.2, 0.25) is 0 Å². The zero-order chi connectivity index (χ0) is 27.5. The molecule has 0 aliphatic rings. The van der Waals surface area contributed by atoms with Crippen LogP contribution in [0.4, 0.5) is 13.2 Å². The van der Waals surface area contributed by atoms with Crippen LogP contribution < -0.4 is 4.74 Å². The van der Waals surface area contributed by atoms with Crippen LogP contribution in [-0.4, -0.2) is 27.8 Å². The van der Waals surface area contributed by atoms with Crippen molar-refractivity contribution in [3.8, 4) is 22.6 Å². The van der Waals surface area contributed by atoms with E-state index in [4.69, 9.17) is 14.6 Å². The second kappa shape index (κ2) is 10.5.